The van der Waals surface area contributed by atoms with Crippen molar-refractivity contribution in [2.24, 2.45) is 5.92 Å². The summed E-state index contributed by atoms with van der Waals surface area (Å²) in [5.41, 5.74) is 0.180. The zero-order valence-electron chi connectivity index (χ0n) is 15.5. The first-order valence-electron chi connectivity index (χ1n) is 8.65. The van der Waals surface area contributed by atoms with E-state index in [4.69, 9.17) is 4.74 Å². The molecule has 0 aliphatic heterocycles. The van der Waals surface area contributed by atoms with Gasteiger partial charge in [0.15, 0.2) is 0 Å². The van der Waals surface area contributed by atoms with Crippen LogP contribution in [-0.4, -0.2) is 36.0 Å². The average Bonchev–Trinajstić information content (AvgIpc) is 2.62. The average molecular weight is 380 g/mol. The lowest BCUT2D eigenvalue weighted by Crippen LogP contribution is -2.36. The van der Waals surface area contributed by atoms with Gasteiger partial charge in [0.05, 0.1) is 18.0 Å². The molecule has 4 nitrogen and oxygen atoms in total. The molecule has 0 saturated heterocycles. The van der Waals surface area contributed by atoms with Crippen LogP contribution in [0.15, 0.2) is 48.8 Å². The molecule has 1 atom stereocenters. The van der Waals surface area contributed by atoms with E-state index in [1.54, 1.807) is 24.3 Å². The molecule has 27 heavy (non-hydrogen) atoms. The smallest absolute Gasteiger partial charge is 0.416 e. The van der Waals surface area contributed by atoms with Crippen LogP contribution >= 0.6 is 0 Å². The van der Waals surface area contributed by atoms with Crippen LogP contribution < -0.4 is 4.74 Å². The third kappa shape index (κ3) is 5.70. The zero-order valence-corrected chi connectivity index (χ0v) is 15.5. The number of hydrogen-bond donors (Lipinski definition) is 0. The fraction of sp³-hybridized carbons (Fsp3) is 0.400. The second kappa shape index (κ2) is 8.88. The van der Waals surface area contributed by atoms with Crippen molar-refractivity contribution < 1.29 is 22.7 Å². The summed E-state index contributed by atoms with van der Waals surface area (Å²) in [4.78, 5) is 18.4. The van der Waals surface area contributed by atoms with Crippen LogP contribution in [0.5, 0.6) is 5.75 Å². The van der Waals surface area contributed by atoms with Crippen LogP contribution in [0.2, 0.25) is 0 Å². The van der Waals surface area contributed by atoms with Crippen molar-refractivity contribution in [1.82, 2.24) is 9.88 Å². The standard InChI is InChI=1S/C20H23F3N2O2/c1-14(2)18(15-8-10-24-11-9-15)19(26)25(3)12-13-27-17-6-4-16(5-7-17)20(21,22)23/h4-11,14,18H,12-13H2,1-3H3. The minimum absolute atomic E-state index is 0.0350. The van der Waals surface area contributed by atoms with E-state index in [-0.39, 0.29) is 24.3 Å². The number of rotatable bonds is 7. The molecule has 0 bridgehead atoms. The largest absolute Gasteiger partial charge is 0.492 e. The summed E-state index contributed by atoms with van der Waals surface area (Å²) in [6.45, 7) is 4.48. The highest BCUT2D eigenvalue weighted by Gasteiger charge is 2.30. The highest BCUT2D eigenvalue weighted by Crippen LogP contribution is 2.30. The minimum atomic E-state index is -4.37. The summed E-state index contributed by atoms with van der Waals surface area (Å²) in [5, 5.41) is 0. The Morgan fingerprint density at radius 3 is 2.22 bits per heavy atom. The molecule has 0 radical (unpaired) electrons. The fourth-order valence-corrected chi connectivity index (χ4v) is 2.77. The predicted octanol–water partition coefficient (Wildman–Crippen LogP) is 4.38. The number of hydrogen-bond acceptors (Lipinski definition) is 3. The van der Waals surface area contributed by atoms with Gasteiger partial charge in [0, 0.05) is 19.4 Å². The third-order valence-corrected chi connectivity index (χ3v) is 4.25. The Kier molecular flexibility index (Phi) is 6.82. The van der Waals surface area contributed by atoms with Crippen molar-refractivity contribution in [1.29, 1.82) is 0 Å². The van der Waals surface area contributed by atoms with Gasteiger partial charge in [-0.3, -0.25) is 9.78 Å². The molecule has 1 amide bonds. The van der Waals surface area contributed by atoms with Crippen LogP contribution in [0.4, 0.5) is 13.2 Å². The Balaban J connectivity index is 1.92. The molecular formula is C20H23F3N2O2. The molecule has 146 valence electrons. The third-order valence-electron chi connectivity index (χ3n) is 4.25. The molecule has 0 saturated carbocycles. The quantitative estimate of drug-likeness (QED) is 0.716. The van der Waals surface area contributed by atoms with Crippen LogP contribution in [0.25, 0.3) is 0 Å². The van der Waals surface area contributed by atoms with Gasteiger partial charge in [0.1, 0.15) is 12.4 Å². The summed E-state index contributed by atoms with van der Waals surface area (Å²) in [5.74, 6) is 0.118. The lowest BCUT2D eigenvalue weighted by molar-refractivity contribution is -0.137. The van der Waals surface area contributed by atoms with E-state index in [0.717, 1.165) is 17.7 Å². The van der Waals surface area contributed by atoms with Crippen LogP contribution in [0.1, 0.15) is 30.9 Å². The lowest BCUT2D eigenvalue weighted by Gasteiger charge is -2.26. The van der Waals surface area contributed by atoms with Gasteiger partial charge in [-0.05, 0) is 47.9 Å². The molecule has 0 spiro atoms. The van der Waals surface area contributed by atoms with Crippen molar-refractivity contribution in [2.45, 2.75) is 25.9 Å². The molecule has 1 aromatic heterocycles. The molecule has 2 rings (SSSR count). The molecule has 1 heterocycles. The number of ether oxygens (including phenoxy) is 1. The van der Waals surface area contributed by atoms with Crippen LogP contribution in [0, 0.1) is 5.92 Å². The van der Waals surface area contributed by atoms with Crippen molar-refractivity contribution in [2.75, 3.05) is 20.2 Å². The van der Waals surface area contributed by atoms with Gasteiger partial charge in [-0.15, -0.1) is 0 Å². The van der Waals surface area contributed by atoms with Crippen molar-refractivity contribution in [3.8, 4) is 5.75 Å². The number of aromatic nitrogens is 1. The fourth-order valence-electron chi connectivity index (χ4n) is 2.77. The number of carbonyl (C=O) groups is 1. The summed E-state index contributed by atoms with van der Waals surface area (Å²) >= 11 is 0. The van der Waals surface area contributed by atoms with Crippen molar-refractivity contribution in [3.63, 3.8) is 0 Å². The maximum atomic E-state index is 12.8. The molecule has 0 fully saturated rings. The Morgan fingerprint density at radius 1 is 1.11 bits per heavy atom. The summed E-state index contributed by atoms with van der Waals surface area (Å²) < 4.78 is 43.1. The summed E-state index contributed by atoms with van der Waals surface area (Å²) in [6, 6.07) is 8.16. The predicted molar refractivity (Wildman–Crippen MR) is 96.4 cm³/mol. The van der Waals surface area contributed by atoms with Gasteiger partial charge >= 0.3 is 6.18 Å². The first kappa shape index (κ1) is 20.7. The molecule has 1 unspecified atom stereocenters. The van der Waals surface area contributed by atoms with E-state index in [9.17, 15) is 18.0 Å². The molecule has 0 aliphatic carbocycles. The first-order chi connectivity index (χ1) is 12.7. The lowest BCUT2D eigenvalue weighted by atomic mass is 9.88. The minimum Gasteiger partial charge on any atom is -0.492 e. The molecule has 0 N–H and O–H groups in total. The molecule has 7 heteroatoms. The molecular weight excluding hydrogens is 357 g/mol. The van der Waals surface area contributed by atoms with Gasteiger partial charge in [0.25, 0.3) is 0 Å². The van der Waals surface area contributed by atoms with E-state index < -0.39 is 11.7 Å². The molecule has 2 aromatic rings. The van der Waals surface area contributed by atoms with Gasteiger partial charge in [-0.25, -0.2) is 0 Å². The summed E-state index contributed by atoms with van der Waals surface area (Å²) in [6.07, 6.45) is -1.05. The number of carbonyl (C=O) groups excluding carboxylic acids is 1. The normalized spacial score (nSPS) is 12.7. The Labute approximate surface area is 157 Å². The van der Waals surface area contributed by atoms with Crippen LogP contribution in [-0.2, 0) is 11.0 Å². The van der Waals surface area contributed by atoms with E-state index in [0.29, 0.717) is 12.3 Å². The van der Waals surface area contributed by atoms with E-state index in [1.807, 2.05) is 26.0 Å². The van der Waals surface area contributed by atoms with E-state index >= 15 is 0 Å². The molecule has 1 aromatic carbocycles. The second-order valence-electron chi connectivity index (χ2n) is 6.63. The number of amides is 1. The van der Waals surface area contributed by atoms with Gasteiger partial charge in [0.2, 0.25) is 5.91 Å². The summed E-state index contributed by atoms with van der Waals surface area (Å²) in [7, 11) is 1.69. The van der Waals surface area contributed by atoms with Gasteiger partial charge in [-0.1, -0.05) is 13.8 Å². The first-order valence-corrected chi connectivity index (χ1v) is 8.65. The molecule has 0 aliphatic rings. The Hall–Kier alpha value is -2.57. The zero-order chi connectivity index (χ0) is 20.0. The van der Waals surface area contributed by atoms with Crippen molar-refractivity contribution >= 4 is 5.91 Å². The SMILES string of the molecule is CC(C)C(C(=O)N(C)CCOc1ccc(C(F)(F)F)cc1)c1ccncc1. The van der Waals surface area contributed by atoms with Crippen molar-refractivity contribution in [3.05, 3.63) is 59.9 Å². The number of halogens is 3. The Bertz CT molecular complexity index is 731. The monoisotopic (exact) mass is 380 g/mol. The van der Waals surface area contributed by atoms with Gasteiger partial charge in [-0.2, -0.15) is 13.2 Å². The maximum absolute atomic E-state index is 12.8. The highest BCUT2D eigenvalue weighted by atomic mass is 19.4. The van der Waals surface area contributed by atoms with E-state index in [2.05, 4.69) is 4.98 Å². The highest BCUT2D eigenvalue weighted by molar-refractivity contribution is 5.83. The topological polar surface area (TPSA) is 42.4 Å². The maximum Gasteiger partial charge on any atom is 0.416 e. The second-order valence-corrected chi connectivity index (χ2v) is 6.63. The number of nitrogens with zero attached hydrogens (tertiary/aromatic N) is 2. The van der Waals surface area contributed by atoms with Crippen LogP contribution in [0.3, 0.4) is 0 Å². The van der Waals surface area contributed by atoms with Gasteiger partial charge < -0.3 is 9.64 Å². The Morgan fingerprint density at radius 2 is 1.70 bits per heavy atom. The number of likely N-dealkylation sites (N-methyl/N-ethyl adjacent to an activating group) is 1. The number of pyridine rings is 1. The number of benzene rings is 1. The van der Waals surface area contributed by atoms with E-state index in [1.165, 1.54) is 12.1 Å². The number of alkyl halides is 3.